The van der Waals surface area contributed by atoms with Crippen LogP contribution in [-0.4, -0.2) is 197 Å². The standard InChI is InChI=1S/C73H122N14O16/c1-19-43(15)58(69(98)86-61-46(18)103-73(102)57(42(13)14)79-52(90)36-75-62(91)49(35-47-28-22-21-23-29-47)77-65(94)54(39(7)8)80-68(97)59(44(16)20-2)84-71(61)100)83-63(92)48(30-25-33-74)76-64(93)50-31-26-34-87(50)72(101)56(41(11)12)82-67(96)55(40(9)10)81-70(99)60(45(17)88)85-66(95)53(38(5)6)78-51(89)32-24-27-37(3)4/h21-23,28-29,37-46,48-50,53-61,88H,19-20,24-27,30-36,74H2,1-18H3,(H,75,91)(H,76,93)(H,77,94)(H,78,89)(H,79,90)(H,80,97)(H,81,99)(H,82,96)(H,83,92)(H,84,100)(H,85,95)(H,86,98)/t43-,44-,45+,46+,48-,49-,50+,53+,54+,55-,56+,57-,58+,59+,60-,61+/m0/s1. The lowest BCUT2D eigenvalue weighted by Crippen LogP contribution is -2.64. The van der Waals surface area contributed by atoms with E-state index in [1.54, 1.807) is 127 Å². The highest BCUT2D eigenvalue weighted by Crippen LogP contribution is 2.23. The van der Waals surface area contributed by atoms with E-state index >= 15 is 0 Å². The van der Waals surface area contributed by atoms with Crippen LogP contribution in [0.2, 0.25) is 0 Å². The molecule has 2 saturated heterocycles. The first kappa shape index (κ1) is 88.9. The number of nitrogens with two attached hydrogens (primary N) is 1. The molecule has 2 aliphatic heterocycles. The van der Waals surface area contributed by atoms with Crippen molar-refractivity contribution in [2.24, 2.45) is 53.1 Å². The van der Waals surface area contributed by atoms with Gasteiger partial charge in [-0.1, -0.05) is 160 Å². The predicted octanol–water partition coefficient (Wildman–Crippen LogP) is 0.933. The zero-order valence-corrected chi connectivity index (χ0v) is 63.9. The third-order valence-corrected chi connectivity index (χ3v) is 18.9. The smallest absolute Gasteiger partial charge is 0.329 e. The van der Waals surface area contributed by atoms with Gasteiger partial charge in [0, 0.05) is 19.4 Å². The molecule has 13 amide bonds. The van der Waals surface area contributed by atoms with Gasteiger partial charge < -0.3 is 84.3 Å². The van der Waals surface area contributed by atoms with E-state index in [0.29, 0.717) is 30.7 Å². The van der Waals surface area contributed by atoms with Crippen LogP contribution in [0, 0.1) is 47.3 Å². The number of carbonyl (C=O) groups is 14. The Morgan fingerprint density at radius 3 is 1.68 bits per heavy atom. The Hall–Kier alpha value is -8.28. The van der Waals surface area contributed by atoms with Gasteiger partial charge in [-0.25, -0.2) is 4.79 Å². The Kier molecular flexibility index (Phi) is 37.2. The number of nitrogens with one attached hydrogen (secondary N) is 12. The summed E-state index contributed by atoms with van der Waals surface area (Å²) in [6.07, 6.45) is -0.195. The Bertz CT molecular complexity index is 3040. The number of ether oxygens (including phenoxy) is 1. The van der Waals surface area contributed by atoms with Crippen molar-refractivity contribution >= 4 is 82.8 Å². The molecule has 0 aliphatic carbocycles. The van der Waals surface area contributed by atoms with Crippen LogP contribution in [0.5, 0.6) is 0 Å². The van der Waals surface area contributed by atoms with E-state index in [4.69, 9.17) is 10.5 Å². The predicted molar refractivity (Wildman–Crippen MR) is 386 cm³/mol. The highest BCUT2D eigenvalue weighted by molar-refractivity contribution is 6.00. The molecule has 2 heterocycles. The van der Waals surface area contributed by atoms with Crippen molar-refractivity contribution in [3.8, 4) is 0 Å². The van der Waals surface area contributed by atoms with Gasteiger partial charge in [0.2, 0.25) is 76.8 Å². The number of rotatable bonds is 33. The molecule has 16 atom stereocenters. The number of hydrogen-bond donors (Lipinski definition) is 14. The van der Waals surface area contributed by atoms with Crippen LogP contribution in [0.25, 0.3) is 0 Å². The van der Waals surface area contributed by atoms with Crippen LogP contribution in [0.3, 0.4) is 0 Å². The molecule has 580 valence electrons. The first-order chi connectivity index (χ1) is 48.3. The summed E-state index contributed by atoms with van der Waals surface area (Å²) in [4.78, 5) is 201. The summed E-state index contributed by atoms with van der Waals surface area (Å²) < 4.78 is 5.91. The highest BCUT2D eigenvalue weighted by atomic mass is 16.5. The Labute approximate surface area is 608 Å². The second kappa shape index (κ2) is 43.1. The first-order valence-electron chi connectivity index (χ1n) is 36.8. The monoisotopic (exact) mass is 1450 g/mol. The summed E-state index contributed by atoms with van der Waals surface area (Å²) in [7, 11) is 0. The van der Waals surface area contributed by atoms with E-state index in [2.05, 4.69) is 63.8 Å². The lowest BCUT2D eigenvalue weighted by atomic mass is 9.95. The van der Waals surface area contributed by atoms with Gasteiger partial charge in [-0.2, -0.15) is 0 Å². The molecule has 0 unspecified atom stereocenters. The first-order valence-corrected chi connectivity index (χ1v) is 36.8. The van der Waals surface area contributed by atoms with Gasteiger partial charge in [0.15, 0.2) is 0 Å². The molecule has 0 spiro atoms. The summed E-state index contributed by atoms with van der Waals surface area (Å²) in [5, 5.41) is 43.0. The van der Waals surface area contributed by atoms with Gasteiger partial charge in [0.05, 0.1) is 12.6 Å². The normalized spacial score (nSPS) is 22.3. The second-order valence-electron chi connectivity index (χ2n) is 29.8. The molecule has 30 nitrogen and oxygen atoms in total. The minimum Gasteiger partial charge on any atom is -0.458 e. The minimum atomic E-state index is -1.81. The number of hydrogen-bond acceptors (Lipinski definition) is 17. The minimum absolute atomic E-state index is 0.00471. The quantitative estimate of drug-likeness (QED) is 0.0435. The summed E-state index contributed by atoms with van der Waals surface area (Å²) in [6, 6.07) is -7.46. The van der Waals surface area contributed by atoms with Crippen molar-refractivity contribution < 1.29 is 77.0 Å². The molecule has 0 aromatic heterocycles. The molecule has 0 radical (unpaired) electrons. The second-order valence-corrected chi connectivity index (χ2v) is 29.8. The number of nitrogens with zero attached hydrogens (tertiary/aromatic N) is 1. The van der Waals surface area contributed by atoms with E-state index in [-0.39, 0.29) is 57.5 Å². The number of aliphatic hydroxyl groups is 1. The molecule has 103 heavy (non-hydrogen) atoms. The number of carbonyl (C=O) groups excluding carboxylic acids is 14. The molecule has 2 fully saturated rings. The third kappa shape index (κ3) is 27.7. The van der Waals surface area contributed by atoms with Crippen molar-refractivity contribution in [3.05, 3.63) is 35.9 Å². The van der Waals surface area contributed by atoms with Gasteiger partial charge in [-0.3, -0.25) is 62.3 Å². The van der Waals surface area contributed by atoms with Gasteiger partial charge in [0.25, 0.3) is 0 Å². The van der Waals surface area contributed by atoms with E-state index in [0.717, 1.165) is 6.42 Å². The number of benzene rings is 1. The fraction of sp³-hybridized carbons (Fsp3) is 0.726. The van der Waals surface area contributed by atoms with Crippen LogP contribution in [-0.2, 0) is 78.3 Å². The molecule has 0 saturated carbocycles. The molecule has 2 aliphatic rings. The van der Waals surface area contributed by atoms with Crippen molar-refractivity contribution in [1.82, 2.24) is 68.7 Å². The summed E-state index contributed by atoms with van der Waals surface area (Å²) in [5.74, 6) is -14.8. The van der Waals surface area contributed by atoms with Crippen molar-refractivity contribution in [1.29, 1.82) is 0 Å². The van der Waals surface area contributed by atoms with E-state index in [9.17, 15) is 72.2 Å². The van der Waals surface area contributed by atoms with Crippen LogP contribution in [0.1, 0.15) is 188 Å². The van der Waals surface area contributed by atoms with E-state index in [1.165, 1.54) is 18.7 Å². The number of cyclic esters (lactones) is 1. The molecule has 0 bridgehead atoms. The van der Waals surface area contributed by atoms with Crippen LogP contribution < -0.4 is 69.5 Å². The zero-order valence-electron chi connectivity index (χ0n) is 63.9. The number of aliphatic hydroxyl groups excluding tert-OH is 1. The van der Waals surface area contributed by atoms with Gasteiger partial charge in [0.1, 0.15) is 78.6 Å². The van der Waals surface area contributed by atoms with E-state index in [1.807, 2.05) is 13.8 Å². The summed E-state index contributed by atoms with van der Waals surface area (Å²) in [6.45, 7) is 29.7. The molecule has 3 rings (SSSR count). The number of amides is 13. The fourth-order valence-electron chi connectivity index (χ4n) is 12.0. The van der Waals surface area contributed by atoms with Gasteiger partial charge in [-0.05, 0) is 105 Å². The molecular formula is C73H122N14O16. The van der Waals surface area contributed by atoms with Crippen LogP contribution in [0.4, 0.5) is 0 Å². The zero-order chi connectivity index (χ0) is 77.9. The largest absolute Gasteiger partial charge is 0.458 e. The van der Waals surface area contributed by atoms with Crippen LogP contribution >= 0.6 is 0 Å². The maximum atomic E-state index is 15.0. The van der Waals surface area contributed by atoms with E-state index < -0.39 is 210 Å². The van der Waals surface area contributed by atoms with Gasteiger partial charge in [-0.15, -0.1) is 0 Å². The van der Waals surface area contributed by atoms with Crippen LogP contribution in [0.15, 0.2) is 30.3 Å². The SMILES string of the molecule is CC[C@H](C)[C@@H](NC(=O)[C@H](CCCN)NC(=O)[C@H]1CCCN1C(=O)[C@H](NC(=O)[C@@H](NC(=O)[C@@H](NC(=O)[C@H](NC(=O)CCCC(C)C)C(C)C)[C@@H](C)O)C(C)C)C(C)C)C(=O)N[C@H]1C(=O)N[C@H]([C@@H](C)CC)C(=O)N[C@H](C(C)C)C(=O)N[C@@H](Cc2ccccc2)C(=O)NCC(=O)N[C@@H](C(C)C)C(=O)O[C@@H]1C. The van der Waals surface area contributed by atoms with Crippen molar-refractivity contribution in [2.75, 3.05) is 19.6 Å². The Balaban J connectivity index is 1.97. The number of likely N-dealkylation sites (tertiary alicyclic amines) is 1. The lowest BCUT2D eigenvalue weighted by Gasteiger charge is -2.33. The maximum absolute atomic E-state index is 15.0. The summed E-state index contributed by atoms with van der Waals surface area (Å²) >= 11 is 0. The fourth-order valence-corrected chi connectivity index (χ4v) is 12.0. The molecule has 15 N–H and O–H groups in total. The molecule has 1 aromatic rings. The maximum Gasteiger partial charge on any atom is 0.329 e. The lowest BCUT2D eigenvalue weighted by molar-refractivity contribution is -0.157. The average Bonchev–Trinajstić information content (AvgIpc) is 1.79. The van der Waals surface area contributed by atoms with Crippen molar-refractivity contribution in [3.63, 3.8) is 0 Å². The van der Waals surface area contributed by atoms with Gasteiger partial charge >= 0.3 is 5.97 Å². The molecular weight excluding hydrogens is 1330 g/mol. The Morgan fingerprint density at radius 2 is 1.14 bits per heavy atom. The highest BCUT2D eigenvalue weighted by Gasteiger charge is 2.44. The third-order valence-electron chi connectivity index (χ3n) is 18.9. The average molecular weight is 1450 g/mol. The molecule has 30 heteroatoms. The topological polar surface area (TPSA) is 442 Å². The number of esters is 1. The van der Waals surface area contributed by atoms with Crippen molar-refractivity contribution in [2.45, 2.75) is 274 Å². The Morgan fingerprint density at radius 1 is 0.592 bits per heavy atom. The summed E-state index contributed by atoms with van der Waals surface area (Å²) in [5.41, 5.74) is 6.63. The molecule has 1 aromatic carbocycles.